The summed E-state index contributed by atoms with van der Waals surface area (Å²) < 4.78 is 5.17. The quantitative estimate of drug-likeness (QED) is 0.862. The third-order valence-corrected chi connectivity index (χ3v) is 3.56. The fourth-order valence-corrected chi connectivity index (χ4v) is 2.67. The van der Waals surface area contributed by atoms with E-state index in [-0.39, 0.29) is 12.5 Å². The van der Waals surface area contributed by atoms with Crippen molar-refractivity contribution in [1.29, 1.82) is 0 Å². The molecule has 1 aliphatic rings. The Kier molecular flexibility index (Phi) is 5.12. The van der Waals surface area contributed by atoms with Crippen LogP contribution in [0.3, 0.4) is 0 Å². The molecular formula is C19H24N2O3. The van der Waals surface area contributed by atoms with Gasteiger partial charge in [-0.15, -0.1) is 0 Å². The highest BCUT2D eigenvalue weighted by Gasteiger charge is 2.38. The molecule has 0 aromatic heterocycles. The standard InChI is InChI=1S/C19H24N2O3/c1-6-11-24-18(23)21-13(2)12-14-9-7-8-10-15(14)16(21)17(22)20-19(3,4)5/h6-10,12,16H,1,11H2,2-5H3,(H,20,22). The van der Waals surface area contributed by atoms with Crippen LogP contribution in [-0.2, 0) is 9.53 Å². The zero-order valence-corrected chi connectivity index (χ0v) is 14.6. The van der Waals surface area contributed by atoms with Crippen LogP contribution >= 0.6 is 0 Å². The van der Waals surface area contributed by atoms with Gasteiger partial charge in [0.1, 0.15) is 12.6 Å². The number of amides is 2. The van der Waals surface area contributed by atoms with Crippen molar-refractivity contribution in [1.82, 2.24) is 10.2 Å². The molecule has 1 aliphatic heterocycles. The smallest absolute Gasteiger partial charge is 0.415 e. The van der Waals surface area contributed by atoms with Gasteiger partial charge < -0.3 is 10.1 Å². The number of carbonyl (C=O) groups excluding carboxylic acids is 2. The molecule has 128 valence electrons. The molecule has 5 heteroatoms. The minimum atomic E-state index is -0.761. The second-order valence-corrected chi connectivity index (χ2v) is 6.79. The van der Waals surface area contributed by atoms with Gasteiger partial charge in [0.25, 0.3) is 0 Å². The molecule has 5 nitrogen and oxygen atoms in total. The molecular weight excluding hydrogens is 304 g/mol. The molecule has 1 heterocycles. The molecule has 0 spiro atoms. The van der Waals surface area contributed by atoms with Gasteiger partial charge in [0.05, 0.1) is 0 Å². The summed E-state index contributed by atoms with van der Waals surface area (Å²) in [6.45, 7) is 11.2. The lowest BCUT2D eigenvalue weighted by Gasteiger charge is -2.36. The number of hydrogen-bond donors (Lipinski definition) is 1. The summed E-state index contributed by atoms with van der Waals surface area (Å²) in [4.78, 5) is 26.8. The minimum absolute atomic E-state index is 0.0951. The van der Waals surface area contributed by atoms with Crippen molar-refractivity contribution in [2.45, 2.75) is 39.3 Å². The Morgan fingerprint density at radius 2 is 2.00 bits per heavy atom. The first kappa shape index (κ1) is 17.8. The monoisotopic (exact) mass is 328 g/mol. The van der Waals surface area contributed by atoms with Gasteiger partial charge in [0.15, 0.2) is 0 Å². The maximum absolute atomic E-state index is 12.9. The largest absolute Gasteiger partial charge is 0.445 e. The van der Waals surface area contributed by atoms with E-state index in [1.807, 2.05) is 51.1 Å². The van der Waals surface area contributed by atoms with Gasteiger partial charge in [-0.05, 0) is 44.9 Å². The normalized spacial score (nSPS) is 16.8. The van der Waals surface area contributed by atoms with Gasteiger partial charge in [-0.2, -0.15) is 0 Å². The van der Waals surface area contributed by atoms with E-state index in [0.29, 0.717) is 5.70 Å². The van der Waals surface area contributed by atoms with Gasteiger partial charge in [0.2, 0.25) is 5.91 Å². The van der Waals surface area contributed by atoms with E-state index in [9.17, 15) is 9.59 Å². The third-order valence-electron chi connectivity index (χ3n) is 3.56. The average molecular weight is 328 g/mol. The Bertz CT molecular complexity index is 686. The number of allylic oxidation sites excluding steroid dienone is 1. The molecule has 0 radical (unpaired) electrons. The molecule has 0 aliphatic carbocycles. The fourth-order valence-electron chi connectivity index (χ4n) is 2.67. The topological polar surface area (TPSA) is 58.6 Å². The second kappa shape index (κ2) is 6.91. The van der Waals surface area contributed by atoms with Crippen LogP contribution in [-0.4, -0.2) is 29.0 Å². The Hall–Kier alpha value is -2.56. The molecule has 0 bridgehead atoms. The molecule has 2 rings (SSSR count). The summed E-state index contributed by atoms with van der Waals surface area (Å²) in [5, 5.41) is 2.96. The summed E-state index contributed by atoms with van der Waals surface area (Å²) >= 11 is 0. The fraction of sp³-hybridized carbons (Fsp3) is 0.368. The van der Waals surface area contributed by atoms with E-state index < -0.39 is 17.7 Å². The summed E-state index contributed by atoms with van der Waals surface area (Å²) in [6.07, 6.45) is 2.82. The van der Waals surface area contributed by atoms with Crippen LogP contribution in [0.4, 0.5) is 4.79 Å². The zero-order valence-electron chi connectivity index (χ0n) is 14.6. The summed E-state index contributed by atoms with van der Waals surface area (Å²) in [7, 11) is 0. The predicted octanol–water partition coefficient (Wildman–Crippen LogP) is 3.64. The molecule has 1 aromatic rings. The van der Waals surface area contributed by atoms with Crippen LogP contribution in [0.25, 0.3) is 6.08 Å². The number of rotatable bonds is 3. The van der Waals surface area contributed by atoms with Crippen molar-refractivity contribution in [3.05, 3.63) is 53.7 Å². The van der Waals surface area contributed by atoms with Crippen LogP contribution in [0, 0.1) is 0 Å². The molecule has 1 N–H and O–H groups in total. The van der Waals surface area contributed by atoms with E-state index in [4.69, 9.17) is 4.74 Å². The molecule has 0 saturated carbocycles. The number of ether oxygens (including phenoxy) is 1. The van der Waals surface area contributed by atoms with Gasteiger partial charge in [0, 0.05) is 11.2 Å². The lowest BCUT2D eigenvalue weighted by molar-refractivity contribution is -0.127. The average Bonchev–Trinajstić information content (AvgIpc) is 2.49. The van der Waals surface area contributed by atoms with Crippen molar-refractivity contribution in [2.75, 3.05) is 6.61 Å². The molecule has 0 fully saturated rings. The zero-order chi connectivity index (χ0) is 17.9. The Morgan fingerprint density at radius 1 is 1.33 bits per heavy atom. The van der Waals surface area contributed by atoms with Gasteiger partial charge in [-0.3, -0.25) is 9.69 Å². The van der Waals surface area contributed by atoms with Crippen molar-refractivity contribution in [3.8, 4) is 0 Å². The lowest BCUT2D eigenvalue weighted by Crippen LogP contribution is -2.49. The van der Waals surface area contributed by atoms with Crippen LogP contribution in [0.2, 0.25) is 0 Å². The highest BCUT2D eigenvalue weighted by molar-refractivity contribution is 5.91. The lowest BCUT2D eigenvalue weighted by atomic mass is 9.93. The Labute approximate surface area is 143 Å². The first-order valence-corrected chi connectivity index (χ1v) is 7.91. The molecule has 0 saturated heterocycles. The highest BCUT2D eigenvalue weighted by Crippen LogP contribution is 2.35. The van der Waals surface area contributed by atoms with E-state index in [1.54, 1.807) is 6.92 Å². The number of benzene rings is 1. The maximum Gasteiger partial charge on any atom is 0.415 e. The molecule has 1 atom stereocenters. The predicted molar refractivity (Wildman–Crippen MR) is 94.1 cm³/mol. The highest BCUT2D eigenvalue weighted by atomic mass is 16.6. The number of hydrogen-bond acceptors (Lipinski definition) is 3. The van der Waals surface area contributed by atoms with Crippen LogP contribution in [0.5, 0.6) is 0 Å². The second-order valence-electron chi connectivity index (χ2n) is 6.79. The number of carbonyl (C=O) groups is 2. The van der Waals surface area contributed by atoms with Gasteiger partial charge in [-0.25, -0.2) is 4.79 Å². The van der Waals surface area contributed by atoms with Crippen molar-refractivity contribution >= 4 is 18.1 Å². The SMILES string of the molecule is C=CCOC(=O)N1C(C)=Cc2ccccc2C1C(=O)NC(C)(C)C. The molecule has 2 amide bonds. The van der Waals surface area contributed by atoms with Crippen LogP contribution < -0.4 is 5.32 Å². The van der Waals surface area contributed by atoms with E-state index >= 15 is 0 Å². The van der Waals surface area contributed by atoms with Gasteiger partial charge >= 0.3 is 6.09 Å². The molecule has 24 heavy (non-hydrogen) atoms. The van der Waals surface area contributed by atoms with Crippen molar-refractivity contribution in [3.63, 3.8) is 0 Å². The maximum atomic E-state index is 12.9. The van der Waals surface area contributed by atoms with E-state index in [1.165, 1.54) is 11.0 Å². The van der Waals surface area contributed by atoms with Crippen molar-refractivity contribution in [2.24, 2.45) is 0 Å². The summed E-state index contributed by atoms with van der Waals surface area (Å²) in [6, 6.07) is 6.80. The number of nitrogens with one attached hydrogen (secondary N) is 1. The minimum Gasteiger partial charge on any atom is -0.445 e. The van der Waals surface area contributed by atoms with Crippen molar-refractivity contribution < 1.29 is 14.3 Å². The van der Waals surface area contributed by atoms with E-state index in [0.717, 1.165) is 11.1 Å². The molecule has 1 unspecified atom stereocenters. The van der Waals surface area contributed by atoms with Crippen LogP contribution in [0.15, 0.2) is 42.6 Å². The summed E-state index contributed by atoms with van der Waals surface area (Å²) in [5.41, 5.74) is 1.96. The summed E-state index contributed by atoms with van der Waals surface area (Å²) in [5.74, 6) is -0.238. The Balaban J connectivity index is 2.45. The number of nitrogens with zero attached hydrogens (tertiary/aromatic N) is 1. The Morgan fingerprint density at radius 3 is 2.62 bits per heavy atom. The third kappa shape index (κ3) is 3.85. The van der Waals surface area contributed by atoms with Crippen LogP contribution in [0.1, 0.15) is 44.9 Å². The van der Waals surface area contributed by atoms with E-state index in [2.05, 4.69) is 11.9 Å². The molecule has 1 aromatic carbocycles. The first-order chi connectivity index (χ1) is 11.2. The first-order valence-electron chi connectivity index (χ1n) is 7.91. The van der Waals surface area contributed by atoms with Gasteiger partial charge in [-0.1, -0.05) is 36.9 Å². The number of fused-ring (bicyclic) bond motifs is 1.